The fourth-order valence-corrected chi connectivity index (χ4v) is 2.36. The molecule has 1 aromatic heterocycles. The average molecular weight is 267 g/mol. The first-order chi connectivity index (χ1) is 9.15. The highest BCUT2D eigenvalue weighted by Gasteiger charge is 2.20. The number of nitrogens with zero attached hydrogens (tertiary/aromatic N) is 2. The molecule has 3 atom stereocenters. The second-order valence-corrected chi connectivity index (χ2v) is 5.10. The van der Waals surface area contributed by atoms with Crippen LogP contribution in [0.15, 0.2) is 12.3 Å². The number of hydrogen-bond donors (Lipinski definition) is 1. The summed E-state index contributed by atoms with van der Waals surface area (Å²) in [4.78, 5) is 0. The quantitative estimate of drug-likeness (QED) is 0.748. The molecule has 0 fully saturated rings. The molecule has 0 spiro atoms. The molecule has 4 heteroatoms. The third-order valence-corrected chi connectivity index (χ3v) is 3.76. The van der Waals surface area contributed by atoms with Crippen molar-refractivity contribution in [2.24, 2.45) is 0 Å². The van der Waals surface area contributed by atoms with Crippen LogP contribution in [0.25, 0.3) is 0 Å². The zero-order chi connectivity index (χ0) is 14.3. The van der Waals surface area contributed by atoms with Crippen molar-refractivity contribution in [2.75, 3.05) is 13.7 Å². The summed E-state index contributed by atoms with van der Waals surface area (Å²) in [6, 6.07) is 2.93. The molecule has 0 aliphatic rings. The molecule has 0 aliphatic heterocycles. The highest BCUT2D eigenvalue weighted by molar-refractivity contribution is 5.03. The van der Waals surface area contributed by atoms with Crippen LogP contribution in [0, 0.1) is 0 Å². The first-order valence-corrected chi connectivity index (χ1v) is 7.46. The molecular formula is C15H29N3O. The van der Waals surface area contributed by atoms with E-state index in [-0.39, 0.29) is 6.10 Å². The SMILES string of the molecule is CCNC(Cc1ccn(C(C)CC)n1)C(CC)OC. The van der Waals surface area contributed by atoms with Crippen molar-refractivity contribution >= 4 is 0 Å². The van der Waals surface area contributed by atoms with Gasteiger partial charge in [-0.15, -0.1) is 0 Å². The van der Waals surface area contributed by atoms with Crippen LogP contribution < -0.4 is 5.32 Å². The van der Waals surface area contributed by atoms with E-state index >= 15 is 0 Å². The van der Waals surface area contributed by atoms with Crippen LogP contribution in [-0.2, 0) is 11.2 Å². The Labute approximate surface area is 117 Å². The van der Waals surface area contributed by atoms with E-state index in [0.717, 1.165) is 31.5 Å². The van der Waals surface area contributed by atoms with Crippen LogP contribution in [0.2, 0.25) is 0 Å². The van der Waals surface area contributed by atoms with Crippen LogP contribution >= 0.6 is 0 Å². The van der Waals surface area contributed by atoms with E-state index in [0.29, 0.717) is 12.1 Å². The number of aromatic nitrogens is 2. The maximum atomic E-state index is 5.56. The van der Waals surface area contributed by atoms with Crippen molar-refractivity contribution in [3.05, 3.63) is 18.0 Å². The molecule has 4 nitrogen and oxygen atoms in total. The molecule has 19 heavy (non-hydrogen) atoms. The fourth-order valence-electron chi connectivity index (χ4n) is 2.36. The first-order valence-electron chi connectivity index (χ1n) is 7.46. The molecule has 1 aromatic rings. The van der Waals surface area contributed by atoms with Gasteiger partial charge in [-0.05, 0) is 32.4 Å². The Morgan fingerprint density at radius 2 is 2.05 bits per heavy atom. The summed E-state index contributed by atoms with van der Waals surface area (Å²) < 4.78 is 7.63. The van der Waals surface area contributed by atoms with Gasteiger partial charge in [-0.25, -0.2) is 0 Å². The average Bonchev–Trinajstić information content (AvgIpc) is 2.88. The second-order valence-electron chi connectivity index (χ2n) is 5.10. The molecule has 0 amide bonds. The molecule has 3 unspecified atom stereocenters. The summed E-state index contributed by atoms with van der Waals surface area (Å²) in [7, 11) is 1.79. The van der Waals surface area contributed by atoms with E-state index in [1.807, 2.05) is 0 Å². The lowest BCUT2D eigenvalue weighted by Gasteiger charge is -2.25. The van der Waals surface area contributed by atoms with Gasteiger partial charge in [-0.1, -0.05) is 20.8 Å². The van der Waals surface area contributed by atoms with Gasteiger partial charge < -0.3 is 10.1 Å². The van der Waals surface area contributed by atoms with E-state index < -0.39 is 0 Å². The first kappa shape index (κ1) is 16.2. The monoisotopic (exact) mass is 267 g/mol. The Balaban J connectivity index is 2.70. The molecule has 0 aromatic carbocycles. The van der Waals surface area contributed by atoms with Crippen molar-refractivity contribution in [2.45, 2.75) is 65.1 Å². The number of ether oxygens (including phenoxy) is 1. The second kappa shape index (κ2) is 8.33. The normalized spacial score (nSPS) is 16.3. The predicted octanol–water partition coefficient (Wildman–Crippen LogP) is 2.80. The summed E-state index contributed by atoms with van der Waals surface area (Å²) in [5.41, 5.74) is 1.14. The van der Waals surface area contributed by atoms with Gasteiger partial charge in [0.1, 0.15) is 0 Å². The summed E-state index contributed by atoms with van der Waals surface area (Å²) in [6.07, 6.45) is 5.37. The maximum absolute atomic E-state index is 5.56. The van der Waals surface area contributed by atoms with Crippen molar-refractivity contribution in [1.29, 1.82) is 0 Å². The van der Waals surface area contributed by atoms with E-state index in [1.54, 1.807) is 7.11 Å². The van der Waals surface area contributed by atoms with Gasteiger partial charge in [0, 0.05) is 31.8 Å². The molecular weight excluding hydrogens is 238 g/mol. The molecule has 0 radical (unpaired) electrons. The van der Waals surface area contributed by atoms with E-state index in [4.69, 9.17) is 4.74 Å². The van der Waals surface area contributed by atoms with Gasteiger partial charge in [0.05, 0.1) is 11.8 Å². The maximum Gasteiger partial charge on any atom is 0.0725 e. The summed E-state index contributed by atoms with van der Waals surface area (Å²) in [5, 5.41) is 8.19. The summed E-state index contributed by atoms with van der Waals surface area (Å²) >= 11 is 0. The molecule has 110 valence electrons. The highest BCUT2D eigenvalue weighted by Crippen LogP contribution is 2.13. The van der Waals surface area contributed by atoms with Crippen LogP contribution in [0.3, 0.4) is 0 Å². The van der Waals surface area contributed by atoms with E-state index in [2.05, 4.69) is 55.1 Å². The summed E-state index contributed by atoms with van der Waals surface area (Å²) in [5.74, 6) is 0. The number of hydrogen-bond acceptors (Lipinski definition) is 3. The molecule has 0 bridgehead atoms. The van der Waals surface area contributed by atoms with Crippen LogP contribution in [0.5, 0.6) is 0 Å². The third kappa shape index (κ3) is 4.62. The van der Waals surface area contributed by atoms with Gasteiger partial charge in [0.2, 0.25) is 0 Å². The Morgan fingerprint density at radius 3 is 2.58 bits per heavy atom. The fraction of sp³-hybridized carbons (Fsp3) is 0.800. The number of likely N-dealkylation sites (N-methyl/N-ethyl adjacent to an activating group) is 1. The minimum Gasteiger partial charge on any atom is -0.380 e. The lowest BCUT2D eigenvalue weighted by atomic mass is 10.0. The van der Waals surface area contributed by atoms with E-state index in [1.165, 1.54) is 0 Å². The van der Waals surface area contributed by atoms with Gasteiger partial charge in [0.25, 0.3) is 0 Å². The van der Waals surface area contributed by atoms with Crippen molar-refractivity contribution in [3.8, 4) is 0 Å². The lowest BCUT2D eigenvalue weighted by Crippen LogP contribution is -2.42. The zero-order valence-electron chi connectivity index (χ0n) is 13.0. The number of nitrogens with one attached hydrogen (secondary N) is 1. The lowest BCUT2D eigenvalue weighted by molar-refractivity contribution is 0.0655. The van der Waals surface area contributed by atoms with E-state index in [9.17, 15) is 0 Å². The Kier molecular flexibility index (Phi) is 7.10. The van der Waals surface area contributed by atoms with Gasteiger partial charge >= 0.3 is 0 Å². The van der Waals surface area contributed by atoms with Crippen LogP contribution in [-0.4, -0.2) is 35.6 Å². The van der Waals surface area contributed by atoms with Gasteiger partial charge in [0.15, 0.2) is 0 Å². The number of rotatable bonds is 9. The largest absolute Gasteiger partial charge is 0.380 e. The van der Waals surface area contributed by atoms with Crippen molar-refractivity contribution in [1.82, 2.24) is 15.1 Å². The van der Waals surface area contributed by atoms with Crippen LogP contribution in [0.4, 0.5) is 0 Å². The van der Waals surface area contributed by atoms with Gasteiger partial charge in [-0.2, -0.15) is 5.10 Å². The molecule has 1 rings (SSSR count). The highest BCUT2D eigenvalue weighted by atomic mass is 16.5. The number of methoxy groups -OCH3 is 1. The minimum absolute atomic E-state index is 0.244. The Morgan fingerprint density at radius 1 is 1.32 bits per heavy atom. The third-order valence-electron chi connectivity index (χ3n) is 3.76. The van der Waals surface area contributed by atoms with Gasteiger partial charge in [-0.3, -0.25) is 4.68 Å². The van der Waals surface area contributed by atoms with Crippen molar-refractivity contribution in [3.63, 3.8) is 0 Å². The molecule has 0 saturated carbocycles. The topological polar surface area (TPSA) is 39.1 Å². The molecule has 1 heterocycles. The molecule has 0 aliphatic carbocycles. The smallest absolute Gasteiger partial charge is 0.0725 e. The standard InChI is InChI=1S/C15H29N3O/c1-6-12(4)18-10-9-13(17-18)11-14(16-8-3)15(7-2)19-5/h9-10,12,14-16H,6-8,11H2,1-5H3. The molecule has 1 N–H and O–H groups in total. The Hall–Kier alpha value is -0.870. The summed E-state index contributed by atoms with van der Waals surface area (Å²) in [6.45, 7) is 9.63. The molecule has 0 saturated heterocycles. The minimum atomic E-state index is 0.244. The van der Waals surface area contributed by atoms with Crippen LogP contribution in [0.1, 0.15) is 52.3 Å². The Bertz CT molecular complexity index is 347. The zero-order valence-corrected chi connectivity index (χ0v) is 13.0. The van der Waals surface area contributed by atoms with Crippen molar-refractivity contribution < 1.29 is 4.74 Å². The predicted molar refractivity (Wildman–Crippen MR) is 79.5 cm³/mol.